The van der Waals surface area contributed by atoms with Crippen molar-refractivity contribution in [1.82, 2.24) is 15.1 Å². The summed E-state index contributed by atoms with van der Waals surface area (Å²) in [7, 11) is 0. The van der Waals surface area contributed by atoms with E-state index in [-0.39, 0.29) is 18.3 Å². The molecule has 1 aliphatic heterocycles. The van der Waals surface area contributed by atoms with Crippen molar-refractivity contribution in [3.05, 3.63) is 64.3 Å². The number of aliphatic hydroxyl groups excluding tert-OH is 1. The van der Waals surface area contributed by atoms with E-state index in [0.717, 1.165) is 34.4 Å². The summed E-state index contributed by atoms with van der Waals surface area (Å²) in [6, 6.07) is 11.2. The average molecular weight is 464 g/mol. The number of aryl methyl sites for hydroxylation is 2. The summed E-state index contributed by atoms with van der Waals surface area (Å²) in [5.41, 5.74) is 4.98. The summed E-state index contributed by atoms with van der Waals surface area (Å²) in [6.07, 6.45) is 1.42. The van der Waals surface area contributed by atoms with E-state index in [9.17, 15) is 15.0 Å². The molecular formula is C27H33N3O4. The number of benzene rings is 2. The molecule has 0 radical (unpaired) electrons. The first-order valence-electron chi connectivity index (χ1n) is 11.8. The highest BCUT2D eigenvalue weighted by molar-refractivity contribution is 6.00. The first-order chi connectivity index (χ1) is 16.3. The molecule has 2 heterocycles. The van der Waals surface area contributed by atoms with Crippen molar-refractivity contribution in [3.8, 4) is 22.8 Å². The number of phenols is 1. The number of aromatic amines is 1. The molecule has 1 amide bonds. The molecule has 34 heavy (non-hydrogen) atoms. The molecule has 2 aromatic carbocycles. The molecule has 7 nitrogen and oxygen atoms in total. The van der Waals surface area contributed by atoms with Crippen LogP contribution in [0, 0.1) is 19.8 Å². The van der Waals surface area contributed by atoms with Crippen LogP contribution in [0.5, 0.6) is 11.5 Å². The van der Waals surface area contributed by atoms with Crippen LogP contribution in [-0.2, 0) is 0 Å². The van der Waals surface area contributed by atoms with Gasteiger partial charge in [-0.25, -0.2) is 0 Å². The zero-order valence-electron chi connectivity index (χ0n) is 20.3. The smallest absolute Gasteiger partial charge is 0.273 e. The van der Waals surface area contributed by atoms with Crippen molar-refractivity contribution in [2.45, 2.75) is 46.6 Å². The molecule has 1 aromatic heterocycles. The van der Waals surface area contributed by atoms with E-state index in [1.807, 2.05) is 50.2 Å². The van der Waals surface area contributed by atoms with Crippen molar-refractivity contribution in [1.29, 1.82) is 0 Å². The number of H-pyrrole nitrogens is 1. The van der Waals surface area contributed by atoms with Crippen LogP contribution in [-0.4, -0.2) is 51.0 Å². The van der Waals surface area contributed by atoms with Crippen LogP contribution in [0.4, 0.5) is 0 Å². The minimum Gasteiger partial charge on any atom is -0.507 e. The van der Waals surface area contributed by atoms with Crippen LogP contribution in [0.3, 0.4) is 0 Å². The van der Waals surface area contributed by atoms with E-state index in [0.29, 0.717) is 42.4 Å². The van der Waals surface area contributed by atoms with E-state index < -0.39 is 6.04 Å². The molecule has 3 N–H and O–H groups in total. The number of nitrogens with one attached hydrogen (secondary N) is 1. The largest absolute Gasteiger partial charge is 0.507 e. The molecule has 0 bridgehead atoms. The monoisotopic (exact) mass is 463 g/mol. The zero-order chi connectivity index (χ0) is 24.4. The lowest BCUT2D eigenvalue weighted by Crippen LogP contribution is -2.31. The molecule has 0 aliphatic carbocycles. The van der Waals surface area contributed by atoms with Gasteiger partial charge in [-0.1, -0.05) is 32.0 Å². The Morgan fingerprint density at radius 2 is 2.00 bits per heavy atom. The number of hydrogen-bond donors (Lipinski definition) is 3. The number of aromatic hydroxyl groups is 1. The SMILES string of the molecule is Cc1cc(C)c(O)c(-c2n[nH]c3c2C(c2cccc(OCCC(C)C)c2)N(CCCO)C3=O)c1. The van der Waals surface area contributed by atoms with E-state index in [4.69, 9.17) is 4.74 Å². The van der Waals surface area contributed by atoms with Gasteiger partial charge in [-0.05, 0) is 67.5 Å². The van der Waals surface area contributed by atoms with E-state index >= 15 is 0 Å². The average Bonchev–Trinajstić information content (AvgIpc) is 3.33. The lowest BCUT2D eigenvalue weighted by molar-refractivity contribution is 0.0732. The van der Waals surface area contributed by atoms with Gasteiger partial charge >= 0.3 is 0 Å². The number of carbonyl (C=O) groups is 1. The third-order valence-electron chi connectivity index (χ3n) is 6.26. The normalized spacial score (nSPS) is 15.3. The van der Waals surface area contributed by atoms with Gasteiger partial charge in [0.25, 0.3) is 5.91 Å². The standard InChI is InChI=1S/C27H33N3O4/c1-16(2)9-12-34-20-8-5-7-19(15-20)25-22-23(21-14-17(3)13-18(4)26(21)32)28-29-24(22)27(33)30(25)10-6-11-31/h5,7-8,13-16,25,31-32H,6,9-12H2,1-4H3,(H,28,29). The predicted octanol–water partition coefficient (Wildman–Crippen LogP) is 4.75. The number of carbonyl (C=O) groups excluding carboxylic acids is 1. The maximum absolute atomic E-state index is 13.4. The highest BCUT2D eigenvalue weighted by Gasteiger charge is 2.42. The fourth-order valence-corrected chi connectivity index (χ4v) is 4.55. The number of rotatable bonds is 9. The molecule has 4 rings (SSSR count). The summed E-state index contributed by atoms with van der Waals surface area (Å²) in [5.74, 6) is 1.29. The Bertz CT molecular complexity index is 1180. The number of aromatic nitrogens is 2. The van der Waals surface area contributed by atoms with Gasteiger partial charge in [0, 0.05) is 24.3 Å². The Morgan fingerprint density at radius 1 is 1.21 bits per heavy atom. The summed E-state index contributed by atoms with van der Waals surface area (Å²) in [6.45, 7) is 9.16. The van der Waals surface area contributed by atoms with Crippen LogP contribution >= 0.6 is 0 Å². The second-order valence-corrected chi connectivity index (χ2v) is 9.42. The lowest BCUT2D eigenvalue weighted by Gasteiger charge is -2.26. The third kappa shape index (κ3) is 4.53. The third-order valence-corrected chi connectivity index (χ3v) is 6.26. The maximum atomic E-state index is 13.4. The van der Waals surface area contributed by atoms with Crippen LogP contribution in [0.2, 0.25) is 0 Å². The minimum atomic E-state index is -0.406. The van der Waals surface area contributed by atoms with Crippen LogP contribution in [0.15, 0.2) is 36.4 Å². The first kappa shape index (κ1) is 23.8. The predicted molar refractivity (Wildman–Crippen MR) is 131 cm³/mol. The number of fused-ring (bicyclic) bond motifs is 1. The lowest BCUT2D eigenvalue weighted by atomic mass is 9.94. The molecule has 0 saturated heterocycles. The molecular weight excluding hydrogens is 430 g/mol. The summed E-state index contributed by atoms with van der Waals surface area (Å²) >= 11 is 0. The van der Waals surface area contributed by atoms with Crippen LogP contribution in [0.25, 0.3) is 11.3 Å². The van der Waals surface area contributed by atoms with Crippen LogP contribution < -0.4 is 4.74 Å². The summed E-state index contributed by atoms with van der Waals surface area (Å²) in [4.78, 5) is 15.1. The van der Waals surface area contributed by atoms with Gasteiger partial charge in [0.15, 0.2) is 0 Å². The Kier molecular flexibility index (Phi) is 6.93. The van der Waals surface area contributed by atoms with Crippen LogP contribution in [0.1, 0.15) is 65.5 Å². The van der Waals surface area contributed by atoms with E-state index in [2.05, 4.69) is 24.0 Å². The van der Waals surface area contributed by atoms with Crippen molar-refractivity contribution >= 4 is 5.91 Å². The van der Waals surface area contributed by atoms with Gasteiger partial charge in [0.2, 0.25) is 0 Å². The van der Waals surface area contributed by atoms with Crippen molar-refractivity contribution < 1.29 is 19.7 Å². The van der Waals surface area contributed by atoms with Crippen molar-refractivity contribution in [3.63, 3.8) is 0 Å². The molecule has 3 aromatic rings. The van der Waals surface area contributed by atoms with E-state index in [1.54, 1.807) is 4.90 Å². The molecule has 1 unspecified atom stereocenters. The summed E-state index contributed by atoms with van der Waals surface area (Å²) < 4.78 is 5.99. The number of ether oxygens (including phenoxy) is 1. The minimum absolute atomic E-state index is 0.00818. The highest BCUT2D eigenvalue weighted by atomic mass is 16.5. The van der Waals surface area contributed by atoms with Gasteiger partial charge in [0.05, 0.1) is 12.6 Å². The van der Waals surface area contributed by atoms with Gasteiger partial charge in [-0.3, -0.25) is 9.89 Å². The molecule has 0 saturated carbocycles. The molecule has 0 fully saturated rings. The van der Waals surface area contributed by atoms with Gasteiger partial charge < -0.3 is 19.8 Å². The first-order valence-corrected chi connectivity index (χ1v) is 11.8. The number of nitrogens with zero attached hydrogens (tertiary/aromatic N) is 2. The van der Waals surface area contributed by atoms with E-state index in [1.165, 1.54) is 0 Å². The molecule has 7 heteroatoms. The highest BCUT2D eigenvalue weighted by Crippen LogP contribution is 2.45. The van der Waals surface area contributed by atoms with Crippen molar-refractivity contribution in [2.75, 3.05) is 19.8 Å². The zero-order valence-corrected chi connectivity index (χ0v) is 20.3. The molecule has 180 valence electrons. The molecule has 1 aliphatic rings. The Hall–Kier alpha value is -3.32. The second-order valence-electron chi connectivity index (χ2n) is 9.42. The molecule has 1 atom stereocenters. The Morgan fingerprint density at radius 3 is 2.74 bits per heavy atom. The number of phenolic OH excluding ortho intramolecular Hbond substituents is 1. The van der Waals surface area contributed by atoms with Gasteiger partial charge in [0.1, 0.15) is 22.9 Å². The Labute approximate surface area is 200 Å². The van der Waals surface area contributed by atoms with Crippen molar-refractivity contribution in [2.24, 2.45) is 5.92 Å². The number of hydrogen-bond acceptors (Lipinski definition) is 5. The quantitative estimate of drug-likeness (QED) is 0.425. The Balaban J connectivity index is 1.80. The maximum Gasteiger partial charge on any atom is 0.273 e. The number of amides is 1. The second kappa shape index (κ2) is 9.89. The van der Waals surface area contributed by atoms with Gasteiger partial charge in [-0.2, -0.15) is 5.10 Å². The van der Waals surface area contributed by atoms with Gasteiger partial charge in [-0.15, -0.1) is 0 Å². The number of aliphatic hydroxyl groups is 1. The topological polar surface area (TPSA) is 98.7 Å². The molecule has 0 spiro atoms. The fourth-order valence-electron chi connectivity index (χ4n) is 4.55. The summed E-state index contributed by atoms with van der Waals surface area (Å²) in [5, 5.41) is 27.7. The fraction of sp³-hybridized carbons (Fsp3) is 0.407.